The fourth-order valence-electron chi connectivity index (χ4n) is 2.26. The minimum Gasteiger partial charge on any atom is -0.472 e. The number of ketones is 1. The summed E-state index contributed by atoms with van der Waals surface area (Å²) in [6.07, 6.45) is 4.63. The second-order valence-electron chi connectivity index (χ2n) is 4.23. The summed E-state index contributed by atoms with van der Waals surface area (Å²) in [5, 5.41) is 0. The lowest BCUT2D eigenvalue weighted by Gasteiger charge is -2.28. The number of rotatable bonds is 3. The summed E-state index contributed by atoms with van der Waals surface area (Å²) in [4.78, 5) is 12.0. The van der Waals surface area contributed by atoms with Gasteiger partial charge in [-0.15, -0.1) is 0 Å². The van der Waals surface area contributed by atoms with Crippen molar-refractivity contribution in [2.24, 2.45) is 0 Å². The molecule has 0 aliphatic heterocycles. The lowest BCUT2D eigenvalue weighted by atomic mass is 9.74. The van der Waals surface area contributed by atoms with Gasteiger partial charge in [0, 0.05) is 12.3 Å². The number of fused-ring (bicyclic) bond motifs is 1. The molecule has 16 heavy (non-hydrogen) atoms. The summed E-state index contributed by atoms with van der Waals surface area (Å²) in [5.41, 5.74) is 3.48. The molecule has 1 aromatic heterocycles. The van der Waals surface area contributed by atoms with Crippen LogP contribution < -0.4 is 0 Å². The maximum Gasteiger partial charge on any atom is 0.145 e. The first-order valence-electron chi connectivity index (χ1n) is 5.46. The fourth-order valence-corrected chi connectivity index (χ4v) is 2.26. The summed E-state index contributed by atoms with van der Waals surface area (Å²) in [7, 11) is 0. The minimum absolute atomic E-state index is 0.103. The molecule has 1 aromatic carbocycles. The van der Waals surface area contributed by atoms with Crippen LogP contribution in [0, 0.1) is 0 Å². The fraction of sp³-hybridized carbons (Fsp3) is 0.214. The van der Waals surface area contributed by atoms with Gasteiger partial charge in [-0.05, 0) is 29.2 Å². The molecule has 1 aliphatic rings. The molecular formula is C14H12O2. The normalized spacial score (nSPS) is 17.6. The van der Waals surface area contributed by atoms with E-state index in [0.717, 1.165) is 12.0 Å². The van der Waals surface area contributed by atoms with Gasteiger partial charge in [0.2, 0.25) is 0 Å². The quantitative estimate of drug-likeness (QED) is 0.783. The molecule has 0 spiro atoms. The van der Waals surface area contributed by atoms with E-state index in [4.69, 9.17) is 4.42 Å². The van der Waals surface area contributed by atoms with E-state index in [0.29, 0.717) is 12.2 Å². The van der Waals surface area contributed by atoms with Crippen LogP contribution in [0.5, 0.6) is 0 Å². The van der Waals surface area contributed by atoms with Gasteiger partial charge >= 0.3 is 0 Å². The van der Waals surface area contributed by atoms with Crippen LogP contribution >= 0.6 is 0 Å². The monoisotopic (exact) mass is 212 g/mol. The Morgan fingerprint density at radius 3 is 2.94 bits per heavy atom. The number of carbonyl (C=O) groups is 1. The summed E-state index contributed by atoms with van der Waals surface area (Å²) in [6.45, 7) is 0. The van der Waals surface area contributed by atoms with Gasteiger partial charge in [-0.1, -0.05) is 24.3 Å². The van der Waals surface area contributed by atoms with Crippen molar-refractivity contribution in [2.75, 3.05) is 0 Å². The number of benzene rings is 1. The van der Waals surface area contributed by atoms with E-state index in [1.807, 2.05) is 18.2 Å². The van der Waals surface area contributed by atoms with Crippen molar-refractivity contribution in [3.8, 4) is 0 Å². The third-order valence-corrected chi connectivity index (χ3v) is 3.20. The molecule has 0 saturated carbocycles. The summed E-state index contributed by atoms with van der Waals surface area (Å²) in [6, 6.07) is 10.0. The van der Waals surface area contributed by atoms with Gasteiger partial charge in [-0.3, -0.25) is 4.79 Å². The van der Waals surface area contributed by atoms with E-state index < -0.39 is 0 Å². The average molecular weight is 212 g/mol. The van der Waals surface area contributed by atoms with Crippen LogP contribution in [0.1, 0.15) is 22.6 Å². The van der Waals surface area contributed by atoms with Crippen molar-refractivity contribution in [1.29, 1.82) is 0 Å². The summed E-state index contributed by atoms with van der Waals surface area (Å²) >= 11 is 0. The smallest absolute Gasteiger partial charge is 0.145 e. The van der Waals surface area contributed by atoms with Crippen molar-refractivity contribution in [3.05, 3.63) is 59.5 Å². The zero-order valence-electron chi connectivity index (χ0n) is 8.85. The molecule has 0 radical (unpaired) electrons. The molecule has 1 unspecified atom stereocenters. The van der Waals surface area contributed by atoms with Gasteiger partial charge in [-0.25, -0.2) is 0 Å². The Morgan fingerprint density at radius 1 is 1.31 bits per heavy atom. The van der Waals surface area contributed by atoms with Crippen molar-refractivity contribution in [3.63, 3.8) is 0 Å². The summed E-state index contributed by atoms with van der Waals surface area (Å²) in [5.74, 6) is 0.395. The number of hydrogen-bond donors (Lipinski definition) is 0. The zero-order valence-corrected chi connectivity index (χ0v) is 8.85. The highest BCUT2D eigenvalue weighted by Gasteiger charge is 2.31. The molecule has 1 heterocycles. The second-order valence-corrected chi connectivity index (χ2v) is 4.23. The first-order valence-corrected chi connectivity index (χ1v) is 5.46. The molecule has 0 bridgehead atoms. The second kappa shape index (κ2) is 3.63. The topological polar surface area (TPSA) is 30.2 Å². The molecule has 1 aliphatic carbocycles. The standard InChI is InChI=1S/C14H12O2/c15-14(7-10-5-6-16-9-10)13-8-11-3-1-2-4-12(11)13/h1-6,9,13H,7-8H2. The maximum atomic E-state index is 12.0. The molecule has 0 saturated heterocycles. The highest BCUT2D eigenvalue weighted by atomic mass is 16.3. The van der Waals surface area contributed by atoms with Crippen molar-refractivity contribution in [2.45, 2.75) is 18.8 Å². The summed E-state index contributed by atoms with van der Waals surface area (Å²) < 4.78 is 4.96. The molecule has 80 valence electrons. The molecule has 0 amide bonds. The van der Waals surface area contributed by atoms with Gasteiger partial charge in [0.05, 0.1) is 12.5 Å². The Bertz CT molecular complexity index is 511. The molecule has 0 N–H and O–H groups in total. The zero-order chi connectivity index (χ0) is 11.0. The largest absolute Gasteiger partial charge is 0.472 e. The Kier molecular flexibility index (Phi) is 2.13. The van der Waals surface area contributed by atoms with Crippen molar-refractivity contribution >= 4 is 5.78 Å². The van der Waals surface area contributed by atoms with Gasteiger partial charge in [0.25, 0.3) is 0 Å². The van der Waals surface area contributed by atoms with E-state index in [2.05, 4.69) is 12.1 Å². The van der Waals surface area contributed by atoms with Crippen LogP contribution in [0.15, 0.2) is 47.3 Å². The van der Waals surface area contributed by atoms with Gasteiger partial charge in [0.15, 0.2) is 0 Å². The highest BCUT2D eigenvalue weighted by molar-refractivity contribution is 5.90. The van der Waals surface area contributed by atoms with E-state index in [1.54, 1.807) is 12.5 Å². The van der Waals surface area contributed by atoms with E-state index in [-0.39, 0.29) is 5.92 Å². The number of furan rings is 1. The Hall–Kier alpha value is -1.83. The highest BCUT2D eigenvalue weighted by Crippen LogP contribution is 2.36. The van der Waals surface area contributed by atoms with Crippen LogP contribution in [0.2, 0.25) is 0 Å². The predicted molar refractivity (Wildman–Crippen MR) is 60.3 cm³/mol. The Morgan fingerprint density at radius 2 is 2.19 bits per heavy atom. The van der Waals surface area contributed by atoms with Crippen LogP contribution in [0.25, 0.3) is 0 Å². The van der Waals surface area contributed by atoms with Crippen LogP contribution in [0.3, 0.4) is 0 Å². The Balaban J connectivity index is 1.75. The molecule has 0 fully saturated rings. The number of Topliss-reactive ketones (excluding diaryl/α,β-unsaturated/α-hetero) is 1. The number of hydrogen-bond acceptors (Lipinski definition) is 2. The van der Waals surface area contributed by atoms with E-state index >= 15 is 0 Å². The van der Waals surface area contributed by atoms with Crippen LogP contribution in [0.4, 0.5) is 0 Å². The predicted octanol–water partition coefficient (Wildman–Crippen LogP) is 2.73. The van der Waals surface area contributed by atoms with E-state index in [1.165, 1.54) is 11.1 Å². The van der Waals surface area contributed by atoms with Crippen molar-refractivity contribution < 1.29 is 9.21 Å². The minimum atomic E-state index is 0.103. The lowest BCUT2D eigenvalue weighted by Crippen LogP contribution is -2.26. The van der Waals surface area contributed by atoms with Gasteiger partial charge in [0.1, 0.15) is 5.78 Å². The lowest BCUT2D eigenvalue weighted by molar-refractivity contribution is -0.120. The van der Waals surface area contributed by atoms with E-state index in [9.17, 15) is 4.79 Å². The molecular weight excluding hydrogens is 200 g/mol. The third-order valence-electron chi connectivity index (χ3n) is 3.20. The first-order chi connectivity index (χ1) is 7.84. The third kappa shape index (κ3) is 1.47. The average Bonchev–Trinajstić information content (AvgIpc) is 2.72. The van der Waals surface area contributed by atoms with Gasteiger partial charge in [-0.2, -0.15) is 0 Å². The molecule has 1 atom stereocenters. The van der Waals surface area contributed by atoms with Crippen LogP contribution in [-0.2, 0) is 17.6 Å². The number of carbonyl (C=O) groups excluding carboxylic acids is 1. The van der Waals surface area contributed by atoms with Crippen molar-refractivity contribution in [1.82, 2.24) is 0 Å². The SMILES string of the molecule is O=C(Cc1ccoc1)C1Cc2ccccc21. The maximum absolute atomic E-state index is 12.0. The first kappa shape index (κ1) is 9.40. The molecule has 2 heteroatoms. The molecule has 3 rings (SSSR count). The van der Waals surface area contributed by atoms with Crippen LogP contribution in [-0.4, -0.2) is 5.78 Å². The molecule has 2 aromatic rings. The van der Waals surface area contributed by atoms with Gasteiger partial charge < -0.3 is 4.42 Å². The molecule has 2 nitrogen and oxygen atoms in total. The Labute approximate surface area is 93.9 Å².